The van der Waals surface area contributed by atoms with Crippen LogP contribution in [0.2, 0.25) is 0 Å². The Kier molecular flexibility index (Phi) is 7.49. The van der Waals surface area contributed by atoms with Gasteiger partial charge in [-0.15, -0.1) is 5.43 Å². The minimum Gasteiger partial charge on any atom is -0.326 e. The van der Waals surface area contributed by atoms with Crippen LogP contribution in [-0.4, -0.2) is 68.4 Å². The summed E-state index contributed by atoms with van der Waals surface area (Å²) in [5.41, 5.74) is 1.79. The predicted molar refractivity (Wildman–Crippen MR) is 132 cm³/mol. The van der Waals surface area contributed by atoms with Crippen LogP contribution in [0, 0.1) is 11.6 Å². The molecule has 40 heavy (non-hydrogen) atoms. The molecule has 4 heterocycles. The Hall–Kier alpha value is -4.01. The predicted octanol–water partition coefficient (Wildman–Crippen LogP) is 3.15. The highest BCUT2D eigenvalue weighted by Gasteiger charge is 2.40. The summed E-state index contributed by atoms with van der Waals surface area (Å²) in [5.74, 6) is -4.33. The fraction of sp³-hybridized carbons (Fsp3) is 0.440. The molecule has 0 aliphatic carbocycles. The molecule has 2 saturated heterocycles. The summed E-state index contributed by atoms with van der Waals surface area (Å²) in [7, 11) is 0. The number of aromatic amines is 1. The second-order valence-corrected chi connectivity index (χ2v) is 9.87. The van der Waals surface area contributed by atoms with Crippen molar-refractivity contribution in [2.75, 3.05) is 19.6 Å². The van der Waals surface area contributed by atoms with E-state index in [0.29, 0.717) is 29.0 Å². The molecule has 5 rings (SSSR count). The summed E-state index contributed by atoms with van der Waals surface area (Å²) < 4.78 is 69.5. The number of halogens is 5. The van der Waals surface area contributed by atoms with Gasteiger partial charge in [0.25, 0.3) is 5.91 Å². The maximum absolute atomic E-state index is 14.5. The van der Waals surface area contributed by atoms with Crippen LogP contribution in [0.3, 0.4) is 0 Å². The smallest absolute Gasteiger partial charge is 0.326 e. The average molecular weight is 568 g/mol. The number of imidazole rings is 1. The summed E-state index contributed by atoms with van der Waals surface area (Å²) in [5, 5.41) is 2.82. The number of nitrogens with one attached hydrogen (secondary N) is 3. The first-order valence-corrected chi connectivity index (χ1v) is 12.7. The number of hydrazine groups is 1. The number of piperidine rings is 1. The van der Waals surface area contributed by atoms with Gasteiger partial charge >= 0.3 is 18.0 Å². The summed E-state index contributed by atoms with van der Waals surface area (Å²) in [6.07, 6.45) is -2.63. The third-order valence-corrected chi connectivity index (χ3v) is 7.36. The number of H-pyrrole nitrogens is 1. The number of likely N-dealkylation sites (tertiary alicyclic amines) is 1. The van der Waals surface area contributed by atoms with Crippen LogP contribution in [0.4, 0.5) is 26.7 Å². The van der Waals surface area contributed by atoms with E-state index in [2.05, 4.69) is 15.3 Å². The van der Waals surface area contributed by atoms with E-state index in [1.54, 1.807) is 22.9 Å². The number of carbonyl (C=O) groups is 2. The number of carbonyl (C=O) groups excluding carboxylic acids is 2. The Labute approximate surface area is 224 Å². The van der Waals surface area contributed by atoms with E-state index >= 15 is 0 Å². The number of fused-ring (bicyclic) bond motifs is 1. The van der Waals surface area contributed by atoms with E-state index in [1.807, 2.05) is 0 Å². The zero-order chi connectivity index (χ0) is 28.6. The van der Waals surface area contributed by atoms with E-state index in [1.165, 1.54) is 22.5 Å². The summed E-state index contributed by atoms with van der Waals surface area (Å²) in [6.45, 7) is -0.110. The molecule has 2 atom stereocenters. The van der Waals surface area contributed by atoms with E-state index in [4.69, 9.17) is 0 Å². The van der Waals surface area contributed by atoms with Gasteiger partial charge in [-0.25, -0.2) is 23.4 Å². The second kappa shape index (κ2) is 10.9. The van der Waals surface area contributed by atoms with Gasteiger partial charge in [0, 0.05) is 37.8 Å². The van der Waals surface area contributed by atoms with Gasteiger partial charge in [0.2, 0.25) is 0 Å². The van der Waals surface area contributed by atoms with Crippen molar-refractivity contribution in [3.63, 3.8) is 0 Å². The quantitative estimate of drug-likeness (QED) is 0.331. The molecule has 10 nitrogen and oxygen atoms in total. The zero-order valence-corrected chi connectivity index (χ0v) is 21.0. The van der Waals surface area contributed by atoms with Gasteiger partial charge in [0.1, 0.15) is 6.04 Å². The molecule has 3 N–H and O–H groups in total. The van der Waals surface area contributed by atoms with Crippen LogP contribution >= 0.6 is 0 Å². The summed E-state index contributed by atoms with van der Waals surface area (Å²) in [6, 6.07) is 4.69. The van der Waals surface area contributed by atoms with E-state index < -0.39 is 48.4 Å². The number of rotatable bonds is 4. The first kappa shape index (κ1) is 27.6. The number of hydrogen-bond donors (Lipinski definition) is 3. The molecule has 0 spiro atoms. The molecule has 0 bridgehead atoms. The van der Waals surface area contributed by atoms with Crippen molar-refractivity contribution < 1.29 is 31.5 Å². The standard InChI is InChI=1S/C25H26F5N7O3/c26-17-4-1-3-16(20(17)27)14-6-7-18(22(38)36(13-14)34-25(28,29)30)32-23(39)35-11-8-15(9-12-35)37-19-5-2-10-31-21(19)33-24(37)40/h1-5,10,14-15,18,34H,6-9,11-13H2,(H,32,39)(H,31,33,40)/t14-,18-/m1/s1. The van der Waals surface area contributed by atoms with Gasteiger partial charge in [0.15, 0.2) is 17.3 Å². The first-order chi connectivity index (χ1) is 19.0. The number of urea groups is 1. The average Bonchev–Trinajstić information content (AvgIpc) is 3.18. The lowest BCUT2D eigenvalue weighted by Gasteiger charge is -2.34. The SMILES string of the molecule is O=C(N[C@@H]1CC[C@@H](c2cccc(F)c2F)CN(NC(F)(F)F)C1=O)N1CCC(n2c(=O)[nH]c3ncccc32)CC1. The van der Waals surface area contributed by atoms with E-state index in [0.717, 1.165) is 6.07 Å². The highest BCUT2D eigenvalue weighted by atomic mass is 19.4. The number of aromatic nitrogens is 3. The molecule has 2 aliphatic rings. The number of alkyl halides is 3. The fourth-order valence-corrected chi connectivity index (χ4v) is 5.45. The van der Waals surface area contributed by atoms with Gasteiger partial charge in [-0.3, -0.25) is 19.4 Å². The molecular formula is C25H26F5N7O3. The highest BCUT2D eigenvalue weighted by molar-refractivity contribution is 5.87. The van der Waals surface area contributed by atoms with Crippen molar-refractivity contribution in [2.45, 2.75) is 50.0 Å². The Balaban J connectivity index is 1.28. The largest absolute Gasteiger partial charge is 0.474 e. The Morgan fingerprint density at radius 3 is 2.50 bits per heavy atom. The number of amides is 3. The number of pyridine rings is 1. The van der Waals surface area contributed by atoms with Crippen molar-refractivity contribution in [1.82, 2.24) is 35.2 Å². The summed E-state index contributed by atoms with van der Waals surface area (Å²) in [4.78, 5) is 46.9. The number of hydrogen-bond acceptors (Lipinski definition) is 5. The highest BCUT2D eigenvalue weighted by Crippen LogP contribution is 2.31. The fourth-order valence-electron chi connectivity index (χ4n) is 5.45. The van der Waals surface area contributed by atoms with Gasteiger partial charge in [0.05, 0.1) is 5.52 Å². The molecule has 2 fully saturated rings. The van der Waals surface area contributed by atoms with Crippen LogP contribution in [0.5, 0.6) is 0 Å². The zero-order valence-electron chi connectivity index (χ0n) is 21.0. The van der Waals surface area contributed by atoms with E-state index in [-0.39, 0.29) is 43.2 Å². The molecule has 2 aliphatic heterocycles. The molecule has 0 saturated carbocycles. The molecule has 2 aromatic heterocycles. The Morgan fingerprint density at radius 1 is 1.02 bits per heavy atom. The molecule has 0 radical (unpaired) electrons. The lowest BCUT2D eigenvalue weighted by Crippen LogP contribution is -2.58. The molecule has 214 valence electrons. The van der Waals surface area contributed by atoms with Gasteiger partial charge in [-0.05, 0) is 49.4 Å². The topological polar surface area (TPSA) is 115 Å². The maximum atomic E-state index is 14.5. The monoisotopic (exact) mass is 567 g/mol. The van der Waals surface area contributed by atoms with Crippen LogP contribution in [-0.2, 0) is 4.79 Å². The molecule has 3 aromatic rings. The van der Waals surface area contributed by atoms with Crippen LogP contribution < -0.4 is 16.4 Å². The maximum Gasteiger partial charge on any atom is 0.474 e. The number of nitrogens with zero attached hydrogens (tertiary/aromatic N) is 4. The van der Waals surface area contributed by atoms with Crippen molar-refractivity contribution >= 4 is 23.1 Å². The Bertz CT molecular complexity index is 1460. The van der Waals surface area contributed by atoms with Gasteiger partial charge < -0.3 is 10.2 Å². The summed E-state index contributed by atoms with van der Waals surface area (Å²) >= 11 is 0. The lowest BCUT2D eigenvalue weighted by molar-refractivity contribution is -0.202. The Morgan fingerprint density at radius 2 is 1.77 bits per heavy atom. The van der Waals surface area contributed by atoms with Crippen molar-refractivity contribution in [3.8, 4) is 0 Å². The molecule has 15 heteroatoms. The minimum atomic E-state index is -4.97. The van der Waals surface area contributed by atoms with Crippen LogP contribution in [0.1, 0.15) is 43.2 Å². The molecule has 0 unspecified atom stereocenters. The first-order valence-electron chi connectivity index (χ1n) is 12.7. The van der Waals surface area contributed by atoms with Crippen molar-refractivity contribution in [3.05, 3.63) is 64.2 Å². The van der Waals surface area contributed by atoms with E-state index in [9.17, 15) is 36.3 Å². The molecular weight excluding hydrogens is 541 g/mol. The van der Waals surface area contributed by atoms with Gasteiger partial charge in [-0.2, -0.15) is 13.2 Å². The van der Waals surface area contributed by atoms with Crippen LogP contribution in [0.25, 0.3) is 11.2 Å². The van der Waals surface area contributed by atoms with Crippen molar-refractivity contribution in [1.29, 1.82) is 0 Å². The third-order valence-electron chi connectivity index (χ3n) is 7.36. The minimum absolute atomic E-state index is 0.0205. The molecule has 3 amide bonds. The lowest BCUT2D eigenvalue weighted by atomic mass is 9.93. The third kappa shape index (κ3) is 5.64. The number of benzene rings is 1. The molecule has 1 aromatic carbocycles. The second-order valence-electron chi connectivity index (χ2n) is 9.87. The van der Waals surface area contributed by atoms with Gasteiger partial charge in [-0.1, -0.05) is 12.1 Å². The van der Waals surface area contributed by atoms with Crippen LogP contribution in [0.15, 0.2) is 41.3 Å². The van der Waals surface area contributed by atoms with Crippen molar-refractivity contribution in [2.24, 2.45) is 0 Å². The normalized spacial score (nSPS) is 21.1.